The van der Waals surface area contributed by atoms with Crippen LogP contribution >= 0.6 is 0 Å². The topological polar surface area (TPSA) is 69.9 Å². The van der Waals surface area contributed by atoms with Crippen LogP contribution in [0.15, 0.2) is 54.6 Å². The quantitative estimate of drug-likeness (QED) is 0.578. The molecule has 1 amide bonds. The SMILES string of the molecule is CN(CC(=O)N1CCN(c2ccccc2[N+](=O)[O-])CC1)Cc1ccccc1. The first-order valence-electron chi connectivity index (χ1n) is 9.03. The molecule has 1 heterocycles. The second kappa shape index (κ2) is 8.64. The molecule has 0 spiro atoms. The first-order chi connectivity index (χ1) is 13.0. The Morgan fingerprint density at radius 1 is 1.04 bits per heavy atom. The molecule has 1 fully saturated rings. The number of nitrogens with zero attached hydrogens (tertiary/aromatic N) is 4. The van der Waals surface area contributed by atoms with Crippen molar-refractivity contribution in [3.05, 3.63) is 70.3 Å². The van der Waals surface area contributed by atoms with Gasteiger partial charge in [0.05, 0.1) is 11.5 Å². The number of carbonyl (C=O) groups is 1. The van der Waals surface area contributed by atoms with Gasteiger partial charge >= 0.3 is 0 Å². The lowest BCUT2D eigenvalue weighted by molar-refractivity contribution is -0.384. The second-order valence-corrected chi connectivity index (χ2v) is 6.77. The van der Waals surface area contributed by atoms with Crippen LogP contribution in [0.1, 0.15) is 5.56 Å². The van der Waals surface area contributed by atoms with Crippen molar-refractivity contribution in [3.63, 3.8) is 0 Å². The van der Waals surface area contributed by atoms with Gasteiger partial charge in [-0.05, 0) is 18.7 Å². The molecule has 1 aliphatic heterocycles. The van der Waals surface area contributed by atoms with Gasteiger partial charge in [0.25, 0.3) is 5.69 Å². The number of likely N-dealkylation sites (N-methyl/N-ethyl adjacent to an activating group) is 1. The molecule has 0 radical (unpaired) electrons. The molecule has 0 N–H and O–H groups in total. The molecule has 3 rings (SSSR count). The molecule has 0 aromatic heterocycles. The van der Waals surface area contributed by atoms with Gasteiger partial charge in [-0.15, -0.1) is 0 Å². The summed E-state index contributed by atoms with van der Waals surface area (Å²) in [7, 11) is 1.94. The molecule has 0 aliphatic carbocycles. The van der Waals surface area contributed by atoms with Gasteiger partial charge in [-0.2, -0.15) is 0 Å². The fourth-order valence-electron chi connectivity index (χ4n) is 3.36. The molecule has 2 aromatic rings. The number of nitro benzene ring substituents is 1. The molecule has 7 nitrogen and oxygen atoms in total. The van der Waals surface area contributed by atoms with E-state index in [4.69, 9.17) is 0 Å². The van der Waals surface area contributed by atoms with Gasteiger partial charge in [0.1, 0.15) is 5.69 Å². The minimum Gasteiger partial charge on any atom is -0.362 e. The summed E-state index contributed by atoms with van der Waals surface area (Å²) >= 11 is 0. The van der Waals surface area contributed by atoms with E-state index in [0.29, 0.717) is 38.4 Å². The summed E-state index contributed by atoms with van der Waals surface area (Å²) in [5.41, 5.74) is 1.91. The van der Waals surface area contributed by atoms with E-state index in [2.05, 4.69) is 0 Å². The van der Waals surface area contributed by atoms with Gasteiger partial charge in [-0.25, -0.2) is 0 Å². The van der Waals surface area contributed by atoms with Crippen LogP contribution in [-0.4, -0.2) is 60.4 Å². The first kappa shape index (κ1) is 18.8. The highest BCUT2D eigenvalue weighted by atomic mass is 16.6. The average molecular weight is 368 g/mol. The number of hydrogen-bond donors (Lipinski definition) is 0. The van der Waals surface area contributed by atoms with Crippen molar-refractivity contribution in [1.82, 2.24) is 9.80 Å². The Balaban J connectivity index is 1.53. The van der Waals surface area contributed by atoms with Crippen LogP contribution in [0.3, 0.4) is 0 Å². The molecule has 1 aliphatic rings. The van der Waals surface area contributed by atoms with Gasteiger partial charge in [0, 0.05) is 38.8 Å². The van der Waals surface area contributed by atoms with Crippen LogP contribution in [0, 0.1) is 10.1 Å². The average Bonchev–Trinajstić information content (AvgIpc) is 2.68. The normalized spacial score (nSPS) is 14.4. The highest BCUT2D eigenvalue weighted by molar-refractivity contribution is 5.78. The number of carbonyl (C=O) groups excluding carboxylic acids is 1. The van der Waals surface area contributed by atoms with Gasteiger partial charge in [-0.3, -0.25) is 19.8 Å². The van der Waals surface area contributed by atoms with Crippen molar-refractivity contribution >= 4 is 17.3 Å². The number of benzene rings is 2. The van der Waals surface area contributed by atoms with Crippen molar-refractivity contribution < 1.29 is 9.72 Å². The lowest BCUT2D eigenvalue weighted by atomic mass is 10.2. The van der Waals surface area contributed by atoms with Gasteiger partial charge in [0.15, 0.2) is 0 Å². The number of para-hydroxylation sites is 2. The van der Waals surface area contributed by atoms with E-state index in [0.717, 1.165) is 6.54 Å². The van der Waals surface area contributed by atoms with Crippen LogP contribution in [-0.2, 0) is 11.3 Å². The molecule has 142 valence electrons. The number of hydrogen-bond acceptors (Lipinski definition) is 5. The molecule has 7 heteroatoms. The van der Waals surface area contributed by atoms with Crippen molar-refractivity contribution in [1.29, 1.82) is 0 Å². The highest BCUT2D eigenvalue weighted by Crippen LogP contribution is 2.28. The van der Waals surface area contributed by atoms with E-state index in [1.54, 1.807) is 18.2 Å². The van der Waals surface area contributed by atoms with E-state index in [1.165, 1.54) is 11.6 Å². The Bertz CT molecular complexity index is 789. The van der Waals surface area contributed by atoms with E-state index in [-0.39, 0.29) is 16.5 Å². The van der Waals surface area contributed by atoms with Crippen molar-refractivity contribution in [2.75, 3.05) is 44.7 Å². The van der Waals surface area contributed by atoms with Gasteiger partial charge < -0.3 is 9.80 Å². The molecule has 0 bridgehead atoms. The summed E-state index contributed by atoms with van der Waals surface area (Å²) in [5.74, 6) is 0.0932. The Hall–Kier alpha value is -2.93. The van der Waals surface area contributed by atoms with Crippen molar-refractivity contribution in [2.24, 2.45) is 0 Å². The van der Waals surface area contributed by atoms with Gasteiger partial charge in [-0.1, -0.05) is 42.5 Å². The van der Waals surface area contributed by atoms with Crippen LogP contribution in [0.5, 0.6) is 0 Å². The van der Waals surface area contributed by atoms with Crippen molar-refractivity contribution in [3.8, 4) is 0 Å². The molecule has 2 aromatic carbocycles. The molecule has 1 saturated heterocycles. The van der Waals surface area contributed by atoms with E-state index >= 15 is 0 Å². The van der Waals surface area contributed by atoms with E-state index in [9.17, 15) is 14.9 Å². The fraction of sp³-hybridized carbons (Fsp3) is 0.350. The van der Waals surface area contributed by atoms with Crippen LogP contribution in [0.25, 0.3) is 0 Å². The number of amides is 1. The zero-order chi connectivity index (χ0) is 19.2. The Kier molecular flexibility index (Phi) is 6.03. The van der Waals surface area contributed by atoms with Crippen molar-refractivity contribution in [2.45, 2.75) is 6.54 Å². The predicted octanol–water partition coefficient (Wildman–Crippen LogP) is 2.38. The molecular weight excluding hydrogens is 344 g/mol. The summed E-state index contributed by atoms with van der Waals surface area (Å²) in [4.78, 5) is 29.3. The summed E-state index contributed by atoms with van der Waals surface area (Å²) in [6.07, 6.45) is 0. The number of nitro groups is 1. The first-order valence-corrected chi connectivity index (χ1v) is 9.03. The Morgan fingerprint density at radius 3 is 2.33 bits per heavy atom. The lowest BCUT2D eigenvalue weighted by Gasteiger charge is -2.36. The van der Waals surface area contributed by atoms with Crippen LogP contribution < -0.4 is 4.90 Å². The number of anilines is 1. The van der Waals surface area contributed by atoms with Crippen LogP contribution in [0.4, 0.5) is 11.4 Å². The summed E-state index contributed by atoms with van der Waals surface area (Å²) < 4.78 is 0. The number of rotatable bonds is 6. The van der Waals surface area contributed by atoms with E-state index in [1.807, 2.05) is 52.1 Å². The van der Waals surface area contributed by atoms with E-state index < -0.39 is 0 Å². The maximum absolute atomic E-state index is 12.6. The maximum atomic E-state index is 12.6. The second-order valence-electron chi connectivity index (χ2n) is 6.77. The zero-order valence-corrected chi connectivity index (χ0v) is 15.5. The Morgan fingerprint density at radius 2 is 1.67 bits per heavy atom. The predicted molar refractivity (Wildman–Crippen MR) is 105 cm³/mol. The lowest BCUT2D eigenvalue weighted by Crippen LogP contribution is -2.51. The summed E-state index contributed by atoms with van der Waals surface area (Å²) in [6, 6.07) is 16.8. The molecule has 0 atom stereocenters. The third-order valence-corrected chi connectivity index (χ3v) is 4.75. The Labute approximate surface area is 158 Å². The largest absolute Gasteiger partial charge is 0.362 e. The molecule has 0 unspecified atom stereocenters. The third-order valence-electron chi connectivity index (χ3n) is 4.75. The molecule has 0 saturated carbocycles. The highest BCUT2D eigenvalue weighted by Gasteiger charge is 2.25. The molecular formula is C20H24N4O3. The molecule has 27 heavy (non-hydrogen) atoms. The monoisotopic (exact) mass is 368 g/mol. The number of piperazine rings is 1. The fourth-order valence-corrected chi connectivity index (χ4v) is 3.36. The standard InChI is InChI=1S/C20H24N4O3/c1-21(15-17-7-3-2-4-8-17)16-20(25)23-13-11-22(12-14-23)18-9-5-6-10-19(18)24(26)27/h2-10H,11-16H2,1H3. The third kappa shape index (κ3) is 4.83. The zero-order valence-electron chi connectivity index (χ0n) is 15.5. The van der Waals surface area contributed by atoms with Gasteiger partial charge in [0.2, 0.25) is 5.91 Å². The summed E-state index contributed by atoms with van der Waals surface area (Å²) in [5, 5.41) is 11.2. The smallest absolute Gasteiger partial charge is 0.292 e. The van der Waals surface area contributed by atoms with Crippen LogP contribution in [0.2, 0.25) is 0 Å². The minimum atomic E-state index is -0.356. The minimum absolute atomic E-state index is 0.0932. The maximum Gasteiger partial charge on any atom is 0.292 e. The summed E-state index contributed by atoms with van der Waals surface area (Å²) in [6.45, 7) is 3.43.